The van der Waals surface area contributed by atoms with Crippen molar-refractivity contribution >= 4 is 22.7 Å². The minimum Gasteiger partial charge on any atom is -0.384 e. The molecule has 2 heterocycles. The molecule has 0 saturated heterocycles. The first-order valence-electron chi connectivity index (χ1n) is 6.82. The van der Waals surface area contributed by atoms with E-state index in [9.17, 15) is 0 Å². The number of nitrogens with zero attached hydrogens (tertiary/aromatic N) is 1. The summed E-state index contributed by atoms with van der Waals surface area (Å²) in [4.78, 5) is 7.05. The van der Waals surface area contributed by atoms with Crippen LogP contribution in [0.4, 0.5) is 11.4 Å². The summed E-state index contributed by atoms with van der Waals surface area (Å²) >= 11 is 1.87. The van der Waals surface area contributed by atoms with Gasteiger partial charge in [-0.15, -0.1) is 11.3 Å². The van der Waals surface area contributed by atoms with Crippen molar-refractivity contribution in [1.29, 1.82) is 0 Å². The third-order valence-corrected chi connectivity index (χ3v) is 4.08. The Morgan fingerprint density at radius 3 is 2.47 bits per heavy atom. The largest absolute Gasteiger partial charge is 0.384 e. The zero-order valence-electron chi connectivity index (χ0n) is 11.6. The van der Waals surface area contributed by atoms with Crippen LogP contribution in [0.3, 0.4) is 0 Å². The summed E-state index contributed by atoms with van der Waals surface area (Å²) in [5, 5.41) is 6.77. The van der Waals surface area contributed by atoms with E-state index in [1.54, 1.807) is 0 Å². The summed E-state index contributed by atoms with van der Waals surface area (Å²) in [7, 11) is 0. The fourth-order valence-corrected chi connectivity index (χ4v) is 2.70. The van der Waals surface area contributed by atoms with Crippen LogP contribution in [-0.2, 0) is 13.0 Å². The molecule has 0 saturated carbocycles. The van der Waals surface area contributed by atoms with Gasteiger partial charge in [-0.05, 0) is 31.0 Å². The fourth-order valence-electron chi connectivity index (χ4n) is 1.80. The molecule has 0 amide bonds. The fraction of sp³-hybridized carbons (Fsp3) is 0.400. The highest BCUT2D eigenvalue weighted by atomic mass is 32.1. The van der Waals surface area contributed by atoms with Crippen LogP contribution in [0.2, 0.25) is 0 Å². The van der Waals surface area contributed by atoms with Gasteiger partial charge in [0.25, 0.3) is 0 Å². The number of hydrogen-bond donors (Lipinski definition) is 2. The van der Waals surface area contributed by atoms with Crippen LogP contribution < -0.4 is 10.6 Å². The molecule has 0 unspecified atom stereocenters. The number of aryl methyl sites for hydroxylation is 1. The molecule has 0 spiro atoms. The average Bonchev–Trinajstić information content (AvgIpc) is 2.91. The van der Waals surface area contributed by atoms with Crippen LogP contribution in [0.1, 0.15) is 30.0 Å². The Morgan fingerprint density at radius 2 is 1.79 bits per heavy atom. The topological polar surface area (TPSA) is 37.0 Å². The molecule has 0 radical (unpaired) electrons. The van der Waals surface area contributed by atoms with E-state index in [0.717, 1.165) is 37.3 Å². The lowest BCUT2D eigenvalue weighted by atomic mass is 10.3. The minimum absolute atomic E-state index is 0.865. The molecule has 2 N–H and O–H groups in total. The third-order valence-electron chi connectivity index (χ3n) is 2.85. The lowest BCUT2D eigenvalue weighted by molar-refractivity contribution is 0.977. The quantitative estimate of drug-likeness (QED) is 0.797. The molecule has 0 atom stereocenters. The second-order valence-electron chi connectivity index (χ2n) is 4.46. The summed E-state index contributed by atoms with van der Waals surface area (Å²) < 4.78 is 0. The van der Waals surface area contributed by atoms with E-state index < -0.39 is 0 Å². The highest BCUT2D eigenvalue weighted by molar-refractivity contribution is 7.12. The van der Waals surface area contributed by atoms with Gasteiger partial charge >= 0.3 is 0 Å². The number of rotatable bonds is 7. The van der Waals surface area contributed by atoms with Gasteiger partial charge in [-0.2, -0.15) is 0 Å². The van der Waals surface area contributed by atoms with Crippen LogP contribution in [-0.4, -0.2) is 11.5 Å². The molecule has 2 aromatic rings. The highest BCUT2D eigenvalue weighted by Gasteiger charge is 2.00. The van der Waals surface area contributed by atoms with E-state index in [0.29, 0.717) is 0 Å². The van der Waals surface area contributed by atoms with Gasteiger partial charge in [0, 0.05) is 22.8 Å². The van der Waals surface area contributed by atoms with Crippen LogP contribution >= 0.6 is 11.3 Å². The van der Waals surface area contributed by atoms with Gasteiger partial charge < -0.3 is 10.6 Å². The maximum atomic E-state index is 4.25. The molecule has 19 heavy (non-hydrogen) atoms. The molecule has 0 aromatic carbocycles. The minimum atomic E-state index is 0.865. The Bertz CT molecular complexity index is 508. The molecule has 2 aromatic heterocycles. The van der Waals surface area contributed by atoms with Crippen molar-refractivity contribution in [3.8, 4) is 0 Å². The predicted molar refractivity (Wildman–Crippen MR) is 84.0 cm³/mol. The van der Waals surface area contributed by atoms with Crippen LogP contribution in [0.5, 0.6) is 0 Å². The molecule has 4 heteroatoms. The van der Waals surface area contributed by atoms with Crippen molar-refractivity contribution < 1.29 is 0 Å². The van der Waals surface area contributed by atoms with Crippen molar-refractivity contribution in [1.82, 2.24) is 4.98 Å². The Morgan fingerprint density at radius 1 is 1.05 bits per heavy atom. The molecular weight excluding hydrogens is 254 g/mol. The summed E-state index contributed by atoms with van der Waals surface area (Å²) in [6.07, 6.45) is 5.96. The molecule has 0 aliphatic heterocycles. The maximum Gasteiger partial charge on any atom is 0.0550 e. The number of pyridine rings is 1. The van der Waals surface area contributed by atoms with Crippen LogP contribution in [0.15, 0.2) is 30.6 Å². The van der Waals surface area contributed by atoms with Gasteiger partial charge in [0.2, 0.25) is 0 Å². The van der Waals surface area contributed by atoms with E-state index >= 15 is 0 Å². The first kappa shape index (κ1) is 13.9. The van der Waals surface area contributed by atoms with Gasteiger partial charge in [-0.25, -0.2) is 0 Å². The Kier molecular flexibility index (Phi) is 5.21. The Balaban J connectivity index is 1.91. The second kappa shape index (κ2) is 7.14. The molecule has 0 aliphatic rings. The first-order valence-corrected chi connectivity index (χ1v) is 7.63. The Hall–Kier alpha value is -1.55. The van der Waals surface area contributed by atoms with Crippen molar-refractivity contribution in [3.05, 3.63) is 40.3 Å². The summed E-state index contributed by atoms with van der Waals surface area (Å²) in [5.74, 6) is 0. The zero-order chi connectivity index (χ0) is 13.5. The molecular formula is C15H21N3S. The average molecular weight is 275 g/mol. The number of anilines is 2. The molecule has 2 rings (SSSR count). The number of thiophene rings is 1. The third kappa shape index (κ3) is 4.24. The smallest absolute Gasteiger partial charge is 0.0550 e. The van der Waals surface area contributed by atoms with E-state index in [4.69, 9.17) is 0 Å². The van der Waals surface area contributed by atoms with Crippen molar-refractivity contribution in [2.45, 2.75) is 33.2 Å². The number of nitrogens with one attached hydrogen (secondary N) is 2. The maximum absolute atomic E-state index is 4.25. The van der Waals surface area contributed by atoms with E-state index in [2.05, 4.69) is 47.7 Å². The molecule has 0 aliphatic carbocycles. The lowest BCUT2D eigenvalue weighted by Crippen LogP contribution is -2.02. The van der Waals surface area contributed by atoms with Crippen molar-refractivity contribution in [3.63, 3.8) is 0 Å². The van der Waals surface area contributed by atoms with Crippen LogP contribution in [0, 0.1) is 0 Å². The summed E-state index contributed by atoms with van der Waals surface area (Å²) in [6, 6.07) is 6.51. The molecule has 0 fully saturated rings. The van der Waals surface area contributed by atoms with Gasteiger partial charge in [0.15, 0.2) is 0 Å². The van der Waals surface area contributed by atoms with Gasteiger partial charge in [-0.1, -0.05) is 13.8 Å². The molecule has 3 nitrogen and oxygen atoms in total. The highest BCUT2D eigenvalue weighted by Crippen LogP contribution is 2.19. The van der Waals surface area contributed by atoms with E-state index in [1.165, 1.54) is 9.75 Å². The van der Waals surface area contributed by atoms with E-state index in [-0.39, 0.29) is 0 Å². The monoisotopic (exact) mass is 275 g/mol. The van der Waals surface area contributed by atoms with E-state index in [1.807, 2.05) is 23.7 Å². The lowest BCUT2D eigenvalue weighted by Gasteiger charge is -2.08. The van der Waals surface area contributed by atoms with Crippen molar-refractivity contribution in [2.75, 3.05) is 17.2 Å². The standard InChI is InChI=1S/C15H21N3S/c1-3-7-17-12-8-13(10-16-9-12)18-11-15-6-5-14(4-2)19-15/h5-6,8-10,17-18H,3-4,7,11H2,1-2H3. The summed E-state index contributed by atoms with van der Waals surface area (Å²) in [6.45, 7) is 6.19. The van der Waals surface area contributed by atoms with Gasteiger partial charge in [-0.3, -0.25) is 4.98 Å². The number of hydrogen-bond acceptors (Lipinski definition) is 4. The molecule has 102 valence electrons. The van der Waals surface area contributed by atoms with Gasteiger partial charge in [0.1, 0.15) is 0 Å². The SMILES string of the molecule is CCCNc1cncc(NCc2ccc(CC)s2)c1. The first-order chi connectivity index (χ1) is 9.31. The van der Waals surface area contributed by atoms with Gasteiger partial charge in [0.05, 0.1) is 23.8 Å². The Labute approximate surface area is 119 Å². The molecule has 0 bridgehead atoms. The zero-order valence-corrected chi connectivity index (χ0v) is 12.4. The normalized spacial score (nSPS) is 10.4. The number of aromatic nitrogens is 1. The summed E-state index contributed by atoms with van der Waals surface area (Å²) in [5.41, 5.74) is 2.14. The van der Waals surface area contributed by atoms with Crippen molar-refractivity contribution in [2.24, 2.45) is 0 Å². The van der Waals surface area contributed by atoms with Crippen LogP contribution in [0.25, 0.3) is 0 Å². The second-order valence-corrected chi connectivity index (χ2v) is 5.72. The predicted octanol–water partition coefficient (Wildman–Crippen LogP) is 4.14.